The highest BCUT2D eigenvalue weighted by Gasteiger charge is 2.42. The smallest absolute Gasteiger partial charge is 0.251 e. The second-order valence-corrected chi connectivity index (χ2v) is 4.93. The van der Waals surface area contributed by atoms with Crippen LogP contribution < -0.4 is 9.47 Å². The molecule has 1 aliphatic heterocycles. The third-order valence-electron chi connectivity index (χ3n) is 3.62. The molecule has 1 fully saturated rings. The van der Waals surface area contributed by atoms with E-state index in [0.29, 0.717) is 6.42 Å². The summed E-state index contributed by atoms with van der Waals surface area (Å²) in [5.74, 6) is 1.31. The van der Waals surface area contributed by atoms with E-state index in [4.69, 9.17) is 14.6 Å². The number of aliphatic hydroxyl groups excluding tert-OH is 1. The van der Waals surface area contributed by atoms with Crippen LogP contribution in [0.2, 0.25) is 0 Å². The van der Waals surface area contributed by atoms with E-state index in [2.05, 4.69) is 0 Å². The number of hydrogen-bond donors (Lipinski definition) is 1. The molecule has 1 N–H and O–H groups in total. The van der Waals surface area contributed by atoms with Crippen molar-refractivity contribution in [3.8, 4) is 11.5 Å². The third-order valence-corrected chi connectivity index (χ3v) is 3.62. The van der Waals surface area contributed by atoms with Gasteiger partial charge in [-0.1, -0.05) is 12.5 Å². The molecule has 0 bridgehead atoms. The molecule has 0 amide bonds. The molecule has 1 heterocycles. The zero-order valence-corrected chi connectivity index (χ0v) is 9.95. The monoisotopic (exact) mass is 234 g/mol. The lowest BCUT2D eigenvalue weighted by Gasteiger charge is -2.31. The van der Waals surface area contributed by atoms with Gasteiger partial charge in [-0.15, -0.1) is 0 Å². The molecule has 0 atom stereocenters. The third kappa shape index (κ3) is 2.00. The lowest BCUT2D eigenvalue weighted by atomic mass is 9.94. The summed E-state index contributed by atoms with van der Waals surface area (Å²) < 4.78 is 12.0. The standard InChI is InChI=1S/C14H18O3/c15-9-6-11-4-5-12-13(10-11)17-14(16-12)7-2-1-3-8-14/h4-5,10,15H,1-3,6-9H2. The van der Waals surface area contributed by atoms with Crippen LogP contribution in [0.4, 0.5) is 0 Å². The number of hydrogen-bond acceptors (Lipinski definition) is 3. The molecule has 3 heteroatoms. The highest BCUT2D eigenvalue weighted by Crippen LogP contribution is 2.45. The van der Waals surface area contributed by atoms with E-state index in [1.54, 1.807) is 0 Å². The van der Waals surface area contributed by atoms with Crippen molar-refractivity contribution < 1.29 is 14.6 Å². The average Bonchev–Trinajstić information content (AvgIpc) is 2.67. The molecule has 0 radical (unpaired) electrons. The van der Waals surface area contributed by atoms with Crippen LogP contribution in [0.15, 0.2) is 18.2 Å². The maximum absolute atomic E-state index is 8.94. The van der Waals surface area contributed by atoms with Crippen LogP contribution in [0.25, 0.3) is 0 Å². The normalized spacial score (nSPS) is 20.8. The van der Waals surface area contributed by atoms with Crippen molar-refractivity contribution in [2.24, 2.45) is 0 Å². The average molecular weight is 234 g/mol. The van der Waals surface area contributed by atoms with Gasteiger partial charge in [0.05, 0.1) is 0 Å². The molecule has 1 aliphatic carbocycles. The van der Waals surface area contributed by atoms with E-state index in [1.165, 1.54) is 19.3 Å². The lowest BCUT2D eigenvalue weighted by molar-refractivity contribution is -0.105. The number of benzene rings is 1. The Kier molecular flexibility index (Phi) is 2.71. The van der Waals surface area contributed by atoms with Crippen LogP contribution in [0.5, 0.6) is 11.5 Å². The van der Waals surface area contributed by atoms with Crippen molar-refractivity contribution >= 4 is 0 Å². The fraction of sp³-hybridized carbons (Fsp3) is 0.571. The first-order chi connectivity index (χ1) is 8.31. The second kappa shape index (κ2) is 4.22. The van der Waals surface area contributed by atoms with Crippen molar-refractivity contribution in [3.05, 3.63) is 23.8 Å². The Morgan fingerprint density at radius 3 is 2.59 bits per heavy atom. The van der Waals surface area contributed by atoms with Gasteiger partial charge < -0.3 is 14.6 Å². The molecule has 3 nitrogen and oxygen atoms in total. The number of ether oxygens (including phenoxy) is 2. The number of fused-ring (bicyclic) bond motifs is 1. The van der Waals surface area contributed by atoms with Crippen LogP contribution in [-0.2, 0) is 6.42 Å². The molecule has 1 spiro atoms. The van der Waals surface area contributed by atoms with Crippen molar-refractivity contribution in [3.63, 3.8) is 0 Å². The number of aliphatic hydroxyl groups is 1. The van der Waals surface area contributed by atoms with Crippen molar-refractivity contribution in [2.75, 3.05) is 6.61 Å². The zero-order valence-electron chi connectivity index (χ0n) is 9.95. The fourth-order valence-electron chi connectivity index (χ4n) is 2.72. The molecular formula is C14H18O3. The largest absolute Gasteiger partial charge is 0.448 e. The summed E-state index contributed by atoms with van der Waals surface area (Å²) in [5.41, 5.74) is 1.10. The summed E-state index contributed by atoms with van der Waals surface area (Å²) in [6.45, 7) is 0.171. The Morgan fingerprint density at radius 1 is 1.06 bits per heavy atom. The Bertz CT molecular complexity index is 408. The van der Waals surface area contributed by atoms with Gasteiger partial charge in [0, 0.05) is 19.4 Å². The van der Waals surface area contributed by atoms with Gasteiger partial charge in [-0.3, -0.25) is 0 Å². The Morgan fingerprint density at radius 2 is 1.82 bits per heavy atom. The van der Waals surface area contributed by atoms with E-state index < -0.39 is 5.79 Å². The Hall–Kier alpha value is -1.22. The fourth-order valence-corrected chi connectivity index (χ4v) is 2.72. The molecule has 0 saturated heterocycles. The number of rotatable bonds is 2. The molecule has 92 valence electrons. The first-order valence-electron chi connectivity index (χ1n) is 6.43. The van der Waals surface area contributed by atoms with Gasteiger partial charge in [0.1, 0.15) is 0 Å². The topological polar surface area (TPSA) is 38.7 Å². The van der Waals surface area contributed by atoms with Gasteiger partial charge in [-0.25, -0.2) is 0 Å². The van der Waals surface area contributed by atoms with Crippen LogP contribution >= 0.6 is 0 Å². The van der Waals surface area contributed by atoms with Gasteiger partial charge in [-0.2, -0.15) is 0 Å². The van der Waals surface area contributed by atoms with E-state index in [1.807, 2.05) is 18.2 Å². The van der Waals surface area contributed by atoms with E-state index in [-0.39, 0.29) is 6.61 Å². The quantitative estimate of drug-likeness (QED) is 0.855. The molecule has 3 rings (SSSR count). The first-order valence-corrected chi connectivity index (χ1v) is 6.43. The first kappa shape index (κ1) is 10.9. The van der Waals surface area contributed by atoms with Gasteiger partial charge in [0.25, 0.3) is 5.79 Å². The SMILES string of the molecule is OCCc1ccc2c(c1)OC1(CCCCC1)O2. The van der Waals surface area contributed by atoms with E-state index in [0.717, 1.165) is 29.9 Å². The molecule has 0 aromatic heterocycles. The summed E-state index contributed by atoms with van der Waals surface area (Å²) in [5, 5.41) is 8.94. The van der Waals surface area contributed by atoms with Crippen LogP contribution in [0.3, 0.4) is 0 Å². The van der Waals surface area contributed by atoms with Gasteiger partial charge in [0.15, 0.2) is 11.5 Å². The van der Waals surface area contributed by atoms with Gasteiger partial charge in [-0.05, 0) is 37.0 Å². The maximum atomic E-state index is 8.94. The highest BCUT2D eigenvalue weighted by atomic mass is 16.7. The molecule has 1 saturated carbocycles. The second-order valence-electron chi connectivity index (χ2n) is 4.93. The predicted octanol–water partition coefficient (Wildman–Crippen LogP) is 2.65. The Labute approximate surface area is 101 Å². The Balaban J connectivity index is 1.82. The summed E-state index contributed by atoms with van der Waals surface area (Å²) in [6.07, 6.45) is 6.27. The minimum Gasteiger partial charge on any atom is -0.448 e. The minimum atomic E-state index is -0.390. The summed E-state index contributed by atoms with van der Waals surface area (Å²) >= 11 is 0. The van der Waals surface area contributed by atoms with E-state index >= 15 is 0 Å². The maximum Gasteiger partial charge on any atom is 0.251 e. The molecule has 1 aromatic rings. The molecular weight excluding hydrogens is 216 g/mol. The van der Waals surface area contributed by atoms with Crippen LogP contribution in [0.1, 0.15) is 37.7 Å². The molecule has 17 heavy (non-hydrogen) atoms. The summed E-state index contributed by atoms with van der Waals surface area (Å²) in [7, 11) is 0. The summed E-state index contributed by atoms with van der Waals surface area (Å²) in [4.78, 5) is 0. The van der Waals surface area contributed by atoms with Gasteiger partial charge >= 0.3 is 0 Å². The summed E-state index contributed by atoms with van der Waals surface area (Å²) in [6, 6.07) is 5.96. The zero-order chi connectivity index (χ0) is 11.7. The lowest BCUT2D eigenvalue weighted by Crippen LogP contribution is -2.40. The van der Waals surface area contributed by atoms with E-state index in [9.17, 15) is 0 Å². The highest BCUT2D eigenvalue weighted by molar-refractivity contribution is 5.46. The van der Waals surface area contributed by atoms with Crippen LogP contribution in [0, 0.1) is 0 Å². The van der Waals surface area contributed by atoms with Crippen molar-refractivity contribution in [2.45, 2.75) is 44.3 Å². The molecule has 1 aromatic carbocycles. The van der Waals surface area contributed by atoms with Crippen LogP contribution in [-0.4, -0.2) is 17.5 Å². The molecule has 2 aliphatic rings. The van der Waals surface area contributed by atoms with Crippen molar-refractivity contribution in [1.82, 2.24) is 0 Å². The van der Waals surface area contributed by atoms with Crippen molar-refractivity contribution in [1.29, 1.82) is 0 Å². The minimum absolute atomic E-state index is 0.171. The molecule has 0 unspecified atom stereocenters. The predicted molar refractivity (Wildman–Crippen MR) is 64.3 cm³/mol. The van der Waals surface area contributed by atoms with Gasteiger partial charge in [0.2, 0.25) is 0 Å².